The summed E-state index contributed by atoms with van der Waals surface area (Å²) in [5.74, 6) is 0. The lowest BCUT2D eigenvalue weighted by atomic mass is 10.2. The summed E-state index contributed by atoms with van der Waals surface area (Å²) in [4.78, 5) is 0. The monoisotopic (exact) mass is 165 g/mol. The van der Waals surface area contributed by atoms with Crippen molar-refractivity contribution in [3.8, 4) is 0 Å². The Labute approximate surface area is 72.9 Å². The molecule has 0 amide bonds. The molecule has 1 rings (SSSR count). The molecule has 0 radical (unpaired) electrons. The van der Waals surface area contributed by atoms with Crippen LogP contribution in [0, 0.1) is 6.92 Å². The number of aromatic nitrogens is 2. The highest BCUT2D eigenvalue weighted by Gasteiger charge is 1.92. The van der Waals surface area contributed by atoms with Crippen molar-refractivity contribution in [3.63, 3.8) is 0 Å². The molecule has 3 heteroatoms. The van der Waals surface area contributed by atoms with E-state index in [2.05, 4.69) is 27.7 Å². The number of nitrogens with one attached hydrogen (secondary N) is 2. The van der Waals surface area contributed by atoms with Gasteiger partial charge in [0.25, 0.3) is 0 Å². The van der Waals surface area contributed by atoms with E-state index in [0.717, 1.165) is 18.7 Å². The van der Waals surface area contributed by atoms with Crippen molar-refractivity contribution in [1.29, 1.82) is 0 Å². The van der Waals surface area contributed by atoms with Crippen LogP contribution in [0.3, 0.4) is 0 Å². The molecule has 1 aromatic rings. The van der Waals surface area contributed by atoms with Gasteiger partial charge in [0, 0.05) is 11.3 Å². The van der Waals surface area contributed by atoms with E-state index in [9.17, 15) is 0 Å². The van der Waals surface area contributed by atoms with Crippen LogP contribution in [0.1, 0.15) is 17.7 Å². The summed E-state index contributed by atoms with van der Waals surface area (Å²) >= 11 is 0. The van der Waals surface area contributed by atoms with Crippen LogP contribution in [0.25, 0.3) is 6.08 Å². The SMILES string of the molecule is CNCCC=Cc1cn[nH]c1C. The number of hydrogen-bond donors (Lipinski definition) is 2. The van der Waals surface area contributed by atoms with E-state index in [1.165, 1.54) is 5.56 Å². The highest BCUT2D eigenvalue weighted by Crippen LogP contribution is 2.04. The lowest BCUT2D eigenvalue weighted by molar-refractivity contribution is 0.809. The Morgan fingerprint density at radius 3 is 3.08 bits per heavy atom. The molecular weight excluding hydrogens is 150 g/mol. The Morgan fingerprint density at radius 2 is 2.50 bits per heavy atom. The van der Waals surface area contributed by atoms with Crippen LogP contribution in [0.4, 0.5) is 0 Å². The molecule has 66 valence electrons. The van der Waals surface area contributed by atoms with Gasteiger partial charge in [-0.2, -0.15) is 5.10 Å². The van der Waals surface area contributed by atoms with Crippen molar-refractivity contribution in [2.45, 2.75) is 13.3 Å². The second-order valence-electron chi connectivity index (χ2n) is 2.74. The highest BCUT2D eigenvalue weighted by molar-refractivity contribution is 5.50. The Morgan fingerprint density at radius 1 is 1.67 bits per heavy atom. The summed E-state index contributed by atoms with van der Waals surface area (Å²) in [6.45, 7) is 3.04. The van der Waals surface area contributed by atoms with Gasteiger partial charge < -0.3 is 5.32 Å². The third-order valence-corrected chi connectivity index (χ3v) is 1.73. The van der Waals surface area contributed by atoms with Crippen LogP contribution in [-0.2, 0) is 0 Å². The van der Waals surface area contributed by atoms with Gasteiger partial charge in [0.15, 0.2) is 0 Å². The zero-order valence-corrected chi connectivity index (χ0v) is 7.59. The summed E-state index contributed by atoms with van der Waals surface area (Å²) in [7, 11) is 1.96. The molecule has 0 aliphatic rings. The van der Waals surface area contributed by atoms with Crippen LogP contribution < -0.4 is 5.32 Å². The quantitative estimate of drug-likeness (QED) is 0.661. The minimum absolute atomic E-state index is 1.02. The van der Waals surface area contributed by atoms with Gasteiger partial charge in [0.05, 0.1) is 6.20 Å². The molecule has 0 saturated carbocycles. The van der Waals surface area contributed by atoms with Crippen LogP contribution in [-0.4, -0.2) is 23.8 Å². The van der Waals surface area contributed by atoms with Gasteiger partial charge in [-0.1, -0.05) is 12.2 Å². The summed E-state index contributed by atoms with van der Waals surface area (Å²) in [6, 6.07) is 0. The van der Waals surface area contributed by atoms with Crippen molar-refractivity contribution in [2.24, 2.45) is 0 Å². The maximum atomic E-state index is 3.93. The maximum absolute atomic E-state index is 3.93. The van der Waals surface area contributed by atoms with Gasteiger partial charge in [-0.3, -0.25) is 5.10 Å². The third kappa shape index (κ3) is 2.51. The minimum atomic E-state index is 1.02. The summed E-state index contributed by atoms with van der Waals surface area (Å²) < 4.78 is 0. The first-order valence-electron chi connectivity index (χ1n) is 4.15. The van der Waals surface area contributed by atoms with Crippen LogP contribution in [0.5, 0.6) is 0 Å². The van der Waals surface area contributed by atoms with Gasteiger partial charge in [-0.05, 0) is 26.9 Å². The van der Waals surface area contributed by atoms with Gasteiger partial charge in [0.2, 0.25) is 0 Å². The van der Waals surface area contributed by atoms with E-state index in [0.29, 0.717) is 0 Å². The summed E-state index contributed by atoms with van der Waals surface area (Å²) in [6.07, 6.45) is 7.14. The normalized spacial score (nSPS) is 11.2. The molecule has 0 spiro atoms. The van der Waals surface area contributed by atoms with E-state index in [1.54, 1.807) is 0 Å². The molecule has 0 saturated heterocycles. The van der Waals surface area contributed by atoms with Crippen molar-refractivity contribution < 1.29 is 0 Å². The van der Waals surface area contributed by atoms with Crippen molar-refractivity contribution in [3.05, 3.63) is 23.5 Å². The second kappa shape index (κ2) is 4.72. The molecule has 0 atom stereocenters. The Balaban J connectivity index is 2.41. The van der Waals surface area contributed by atoms with Crippen LogP contribution in [0.15, 0.2) is 12.3 Å². The maximum Gasteiger partial charge on any atom is 0.0562 e. The van der Waals surface area contributed by atoms with E-state index >= 15 is 0 Å². The largest absolute Gasteiger partial charge is 0.319 e. The van der Waals surface area contributed by atoms with Gasteiger partial charge in [-0.25, -0.2) is 0 Å². The molecule has 1 heterocycles. The second-order valence-corrected chi connectivity index (χ2v) is 2.74. The highest BCUT2D eigenvalue weighted by atomic mass is 15.1. The summed E-state index contributed by atoms with van der Waals surface area (Å²) in [5, 5.41) is 9.91. The number of hydrogen-bond acceptors (Lipinski definition) is 2. The predicted octanol–water partition coefficient (Wildman–Crippen LogP) is 1.34. The number of aromatic amines is 1. The zero-order chi connectivity index (χ0) is 8.81. The Bertz CT molecular complexity index is 250. The molecule has 0 bridgehead atoms. The first kappa shape index (κ1) is 9.00. The molecule has 12 heavy (non-hydrogen) atoms. The van der Waals surface area contributed by atoms with Crippen LogP contribution >= 0.6 is 0 Å². The van der Waals surface area contributed by atoms with Crippen molar-refractivity contribution in [1.82, 2.24) is 15.5 Å². The van der Waals surface area contributed by atoms with Crippen molar-refractivity contribution >= 4 is 6.08 Å². The molecule has 1 aromatic heterocycles. The molecule has 2 N–H and O–H groups in total. The average molecular weight is 165 g/mol. The fourth-order valence-corrected chi connectivity index (χ4v) is 0.966. The molecule has 3 nitrogen and oxygen atoms in total. The number of nitrogens with zero attached hydrogens (tertiary/aromatic N) is 1. The number of rotatable bonds is 4. The smallest absolute Gasteiger partial charge is 0.0562 e. The topological polar surface area (TPSA) is 40.7 Å². The third-order valence-electron chi connectivity index (χ3n) is 1.73. The van der Waals surface area contributed by atoms with Gasteiger partial charge in [-0.15, -0.1) is 0 Å². The molecule has 0 fully saturated rings. The van der Waals surface area contributed by atoms with Gasteiger partial charge >= 0.3 is 0 Å². The molecular formula is C9H15N3. The van der Waals surface area contributed by atoms with Crippen LogP contribution in [0.2, 0.25) is 0 Å². The lowest BCUT2D eigenvalue weighted by Gasteiger charge is -1.91. The first-order chi connectivity index (χ1) is 5.84. The lowest BCUT2D eigenvalue weighted by Crippen LogP contribution is -2.05. The first-order valence-corrected chi connectivity index (χ1v) is 4.15. The fraction of sp³-hybridized carbons (Fsp3) is 0.444. The average Bonchev–Trinajstić information content (AvgIpc) is 2.46. The number of aryl methyl sites for hydroxylation is 1. The standard InChI is InChI=1S/C9H15N3/c1-8-9(7-11-12-8)5-3-4-6-10-2/h3,5,7,10H,4,6H2,1-2H3,(H,11,12). The number of H-pyrrole nitrogens is 1. The molecule has 0 unspecified atom stereocenters. The Kier molecular flexibility index (Phi) is 3.54. The molecule has 0 aromatic carbocycles. The zero-order valence-electron chi connectivity index (χ0n) is 7.59. The van der Waals surface area contributed by atoms with E-state index in [-0.39, 0.29) is 0 Å². The van der Waals surface area contributed by atoms with E-state index < -0.39 is 0 Å². The van der Waals surface area contributed by atoms with Crippen molar-refractivity contribution in [2.75, 3.05) is 13.6 Å². The molecule has 0 aliphatic heterocycles. The summed E-state index contributed by atoms with van der Waals surface area (Å²) in [5.41, 5.74) is 2.29. The minimum Gasteiger partial charge on any atom is -0.319 e. The predicted molar refractivity (Wildman–Crippen MR) is 50.9 cm³/mol. The Hall–Kier alpha value is -1.09. The van der Waals surface area contributed by atoms with Gasteiger partial charge in [0.1, 0.15) is 0 Å². The van der Waals surface area contributed by atoms with E-state index in [1.807, 2.05) is 20.2 Å². The molecule has 0 aliphatic carbocycles. The van der Waals surface area contributed by atoms with E-state index in [4.69, 9.17) is 0 Å². The fourth-order valence-electron chi connectivity index (χ4n) is 0.966.